The lowest BCUT2D eigenvalue weighted by Gasteiger charge is -2.07. The fourth-order valence-corrected chi connectivity index (χ4v) is 1.22. The second kappa shape index (κ2) is 5.98. The van der Waals surface area contributed by atoms with Crippen molar-refractivity contribution in [2.75, 3.05) is 0 Å². The van der Waals surface area contributed by atoms with Gasteiger partial charge < -0.3 is 14.6 Å². The minimum Gasteiger partial charge on any atom is -0.476 e. The minimum absolute atomic E-state index is 0.0972. The Morgan fingerprint density at radius 1 is 1.35 bits per heavy atom. The number of carbonyl (C=O) groups excluding carboxylic acids is 1. The molecule has 1 rings (SSSR count). The van der Waals surface area contributed by atoms with Gasteiger partial charge in [0.15, 0.2) is 0 Å². The molecule has 17 heavy (non-hydrogen) atoms. The monoisotopic (exact) mass is 240 g/mol. The summed E-state index contributed by atoms with van der Waals surface area (Å²) in [5.41, 5.74) is 0.915. The van der Waals surface area contributed by atoms with Gasteiger partial charge in [-0.1, -0.05) is 12.1 Å². The van der Waals surface area contributed by atoms with Crippen molar-refractivity contribution >= 4 is 11.8 Å². The van der Waals surface area contributed by atoms with Crippen molar-refractivity contribution in [1.29, 1.82) is 0 Å². The second-order valence-corrected chi connectivity index (χ2v) is 3.62. The van der Waals surface area contributed by atoms with E-state index in [2.05, 4.69) is 4.74 Å². The summed E-state index contributed by atoms with van der Waals surface area (Å²) in [4.78, 5) is 21.0. The maximum Gasteiger partial charge on any atom is 0.378 e. The Bertz CT molecular complexity index is 399. The van der Waals surface area contributed by atoms with Crippen molar-refractivity contribution in [3.05, 3.63) is 29.8 Å². The van der Waals surface area contributed by atoms with Crippen molar-refractivity contribution in [3.8, 4) is 5.75 Å². The van der Waals surface area contributed by atoms with Crippen LogP contribution in [0.2, 0.25) is 0 Å². The molecular weight excluding hydrogens is 227 g/mol. The molecule has 1 N–H and O–H groups in total. The number of carboxylic acid groups (broad SMARTS) is 1. The van der Waals surface area contributed by atoms with Gasteiger partial charge in [-0.05, 0) is 31.0 Å². The van der Waals surface area contributed by atoms with Gasteiger partial charge in [-0.2, -0.15) is 4.39 Å². The van der Waals surface area contributed by atoms with Crippen molar-refractivity contribution in [2.45, 2.75) is 26.1 Å². The van der Waals surface area contributed by atoms with E-state index < -0.39 is 12.3 Å². The minimum atomic E-state index is -2.36. The summed E-state index contributed by atoms with van der Waals surface area (Å²) in [7, 11) is 0. The molecular formula is C12H13FO4. The molecule has 1 aromatic rings. The highest BCUT2D eigenvalue weighted by molar-refractivity contribution is 5.75. The molecule has 0 aliphatic carbocycles. The summed E-state index contributed by atoms with van der Waals surface area (Å²) in [6, 6.07) is 6.30. The Balaban J connectivity index is 2.55. The average molecular weight is 240 g/mol. The second-order valence-electron chi connectivity index (χ2n) is 3.62. The third kappa shape index (κ3) is 4.63. The number of alkyl halides is 1. The van der Waals surface area contributed by atoms with Crippen LogP contribution in [0.15, 0.2) is 24.3 Å². The number of halogens is 1. The summed E-state index contributed by atoms with van der Waals surface area (Å²) < 4.78 is 17.2. The molecule has 0 saturated heterocycles. The van der Waals surface area contributed by atoms with E-state index in [0.717, 1.165) is 5.56 Å². The number of benzene rings is 1. The van der Waals surface area contributed by atoms with Crippen LogP contribution >= 0.6 is 0 Å². The van der Waals surface area contributed by atoms with E-state index in [1.165, 1.54) is 19.1 Å². The largest absolute Gasteiger partial charge is 0.476 e. The maximum atomic E-state index is 12.7. The van der Waals surface area contributed by atoms with Gasteiger partial charge in [0.2, 0.25) is 0 Å². The zero-order chi connectivity index (χ0) is 12.8. The van der Waals surface area contributed by atoms with Gasteiger partial charge in [0.25, 0.3) is 0 Å². The van der Waals surface area contributed by atoms with Gasteiger partial charge in [-0.3, -0.25) is 0 Å². The Hall–Kier alpha value is -1.91. The predicted octanol–water partition coefficient (Wildman–Crippen LogP) is 1.97. The first-order chi connectivity index (χ1) is 7.99. The zero-order valence-electron chi connectivity index (χ0n) is 9.35. The lowest BCUT2D eigenvalue weighted by Crippen LogP contribution is -2.21. The first-order valence-electron chi connectivity index (χ1n) is 5.11. The average Bonchev–Trinajstić information content (AvgIpc) is 2.28. The normalized spacial score (nSPS) is 11.9. The Kier molecular flexibility index (Phi) is 4.63. The van der Waals surface area contributed by atoms with Crippen molar-refractivity contribution in [3.63, 3.8) is 0 Å². The lowest BCUT2D eigenvalue weighted by molar-refractivity contribution is -0.153. The number of ketones is 1. The van der Waals surface area contributed by atoms with Crippen molar-refractivity contribution < 1.29 is 23.8 Å². The van der Waals surface area contributed by atoms with Crippen LogP contribution in [0.25, 0.3) is 0 Å². The van der Waals surface area contributed by atoms with E-state index >= 15 is 0 Å². The molecule has 5 heteroatoms. The van der Waals surface area contributed by atoms with Crippen LogP contribution in [0.1, 0.15) is 18.9 Å². The van der Waals surface area contributed by atoms with Crippen LogP contribution in [-0.4, -0.2) is 23.2 Å². The van der Waals surface area contributed by atoms with Crippen LogP contribution in [0.5, 0.6) is 5.75 Å². The van der Waals surface area contributed by atoms with Gasteiger partial charge in [0, 0.05) is 6.42 Å². The van der Waals surface area contributed by atoms with Gasteiger partial charge in [0.1, 0.15) is 11.5 Å². The fraction of sp³-hybridized carbons (Fsp3) is 0.333. The molecule has 92 valence electrons. The number of hydrogen-bond donors (Lipinski definition) is 1. The highest BCUT2D eigenvalue weighted by atomic mass is 19.1. The van der Waals surface area contributed by atoms with E-state index in [9.17, 15) is 14.0 Å². The molecule has 0 aliphatic heterocycles. The maximum absolute atomic E-state index is 12.7. The number of hydrogen-bond acceptors (Lipinski definition) is 3. The van der Waals surface area contributed by atoms with E-state index in [1.807, 2.05) is 0 Å². The SMILES string of the molecule is CC(=O)CCc1ccc(OC(F)C(=O)O)cc1. The Morgan fingerprint density at radius 3 is 2.41 bits per heavy atom. The fourth-order valence-electron chi connectivity index (χ4n) is 1.22. The summed E-state index contributed by atoms with van der Waals surface area (Å²) >= 11 is 0. The molecule has 0 radical (unpaired) electrons. The molecule has 0 aromatic heterocycles. The summed E-state index contributed by atoms with van der Waals surface area (Å²) in [6.07, 6.45) is -1.31. The van der Waals surface area contributed by atoms with Crippen molar-refractivity contribution in [2.24, 2.45) is 0 Å². The van der Waals surface area contributed by atoms with Crippen LogP contribution in [-0.2, 0) is 16.0 Å². The van der Waals surface area contributed by atoms with E-state index in [0.29, 0.717) is 12.8 Å². The Morgan fingerprint density at radius 2 is 1.94 bits per heavy atom. The van der Waals surface area contributed by atoms with Gasteiger partial charge in [-0.15, -0.1) is 0 Å². The zero-order valence-corrected chi connectivity index (χ0v) is 9.35. The molecule has 1 unspecified atom stereocenters. The van der Waals surface area contributed by atoms with Gasteiger partial charge >= 0.3 is 12.3 Å². The van der Waals surface area contributed by atoms with Crippen LogP contribution in [0.3, 0.4) is 0 Å². The molecule has 0 heterocycles. The smallest absolute Gasteiger partial charge is 0.378 e. The van der Waals surface area contributed by atoms with Crippen LogP contribution in [0, 0.1) is 0 Å². The number of aryl methyl sites for hydroxylation is 1. The summed E-state index contributed by atoms with van der Waals surface area (Å²) in [5, 5.41) is 8.31. The van der Waals surface area contributed by atoms with Crippen LogP contribution < -0.4 is 4.74 Å². The highest BCUT2D eigenvalue weighted by Crippen LogP contribution is 2.15. The van der Waals surface area contributed by atoms with E-state index in [-0.39, 0.29) is 11.5 Å². The first-order valence-corrected chi connectivity index (χ1v) is 5.11. The topological polar surface area (TPSA) is 63.6 Å². The number of ether oxygens (including phenoxy) is 1. The summed E-state index contributed by atoms with van der Waals surface area (Å²) in [6.45, 7) is 1.51. The van der Waals surface area contributed by atoms with Gasteiger partial charge in [0.05, 0.1) is 0 Å². The lowest BCUT2D eigenvalue weighted by atomic mass is 10.1. The Labute approximate surface area is 98.0 Å². The molecule has 1 atom stereocenters. The quantitative estimate of drug-likeness (QED) is 0.825. The van der Waals surface area contributed by atoms with E-state index in [4.69, 9.17) is 5.11 Å². The molecule has 1 aromatic carbocycles. The van der Waals surface area contributed by atoms with Crippen molar-refractivity contribution in [1.82, 2.24) is 0 Å². The number of Topliss-reactive ketones (excluding diaryl/α,β-unsaturated/α-hetero) is 1. The molecule has 0 bridgehead atoms. The van der Waals surface area contributed by atoms with Gasteiger partial charge in [-0.25, -0.2) is 4.79 Å². The molecule has 0 fully saturated rings. The number of carboxylic acids is 1. The molecule has 0 spiro atoms. The molecule has 4 nitrogen and oxygen atoms in total. The number of aliphatic carboxylic acids is 1. The van der Waals surface area contributed by atoms with E-state index in [1.54, 1.807) is 12.1 Å². The number of carbonyl (C=O) groups is 2. The number of rotatable bonds is 6. The third-order valence-corrected chi connectivity index (χ3v) is 2.12. The molecule has 0 saturated carbocycles. The third-order valence-electron chi connectivity index (χ3n) is 2.12. The summed E-state index contributed by atoms with van der Waals surface area (Å²) in [5.74, 6) is -1.42. The first kappa shape index (κ1) is 13.2. The highest BCUT2D eigenvalue weighted by Gasteiger charge is 2.16. The predicted molar refractivity (Wildman–Crippen MR) is 58.6 cm³/mol. The molecule has 0 aliphatic rings. The standard InChI is InChI=1S/C12H13FO4/c1-8(14)2-3-9-4-6-10(7-5-9)17-11(13)12(15)16/h4-7,11H,2-3H2,1H3,(H,15,16). The van der Waals surface area contributed by atoms with Crippen LogP contribution in [0.4, 0.5) is 4.39 Å². The molecule has 0 amide bonds.